The zero-order valence-electron chi connectivity index (χ0n) is 24.3. The van der Waals surface area contributed by atoms with Gasteiger partial charge in [0.2, 0.25) is 5.78 Å². The standard InChI is InChI=1S/C37H26ClF2N3O2/c1-45-24-15-11-22(12-16-24)32-26-7-4-5-19-42-34-31(18-17-28(39)33(34)40)43(37(26)42)35(32)36(44)27-20-30(21-9-13-23(38)14-10-21)41-29-8-3-2-6-25(27)29/h2-3,6,8-18,20H,4-5,7,19H2,1H3. The average Bonchev–Trinajstić information content (AvgIpc) is 3.47. The number of nitrogens with zero attached hydrogens (tertiary/aromatic N) is 3. The van der Waals surface area contributed by atoms with Gasteiger partial charge in [-0.15, -0.1) is 0 Å². The fraction of sp³-hybridized carbons (Fsp3) is 0.135. The van der Waals surface area contributed by atoms with Gasteiger partial charge in [-0.3, -0.25) is 9.20 Å². The zero-order valence-corrected chi connectivity index (χ0v) is 25.0. The van der Waals surface area contributed by atoms with Crippen LogP contribution in [0.5, 0.6) is 5.75 Å². The molecule has 0 aliphatic carbocycles. The van der Waals surface area contributed by atoms with Crippen molar-refractivity contribution in [2.45, 2.75) is 25.8 Å². The van der Waals surface area contributed by atoms with Crippen LogP contribution >= 0.6 is 11.6 Å². The highest BCUT2D eigenvalue weighted by molar-refractivity contribution is 6.30. The lowest BCUT2D eigenvalue weighted by atomic mass is 9.93. The van der Waals surface area contributed by atoms with Gasteiger partial charge in [-0.05, 0) is 73.4 Å². The first-order valence-electron chi connectivity index (χ1n) is 14.8. The maximum absolute atomic E-state index is 15.6. The van der Waals surface area contributed by atoms with E-state index in [9.17, 15) is 4.39 Å². The zero-order chi connectivity index (χ0) is 30.8. The number of imidazole rings is 1. The predicted octanol–water partition coefficient (Wildman–Crippen LogP) is 9.28. The van der Waals surface area contributed by atoms with Crippen molar-refractivity contribution in [3.63, 3.8) is 0 Å². The summed E-state index contributed by atoms with van der Waals surface area (Å²) in [4.78, 5) is 20.1. The van der Waals surface area contributed by atoms with E-state index in [1.165, 1.54) is 0 Å². The SMILES string of the molecule is COc1ccc(-c2c3c4n(c5c(F)c(F)ccc5n4c2C(=O)c2cc(-c4ccc(Cl)cc4)nc4ccccc24)CCCC3)cc1. The predicted molar refractivity (Wildman–Crippen MR) is 173 cm³/mol. The molecule has 0 amide bonds. The van der Waals surface area contributed by atoms with Crippen LogP contribution in [0.4, 0.5) is 8.78 Å². The van der Waals surface area contributed by atoms with Crippen LogP contribution in [-0.2, 0) is 13.0 Å². The van der Waals surface area contributed by atoms with Crippen molar-refractivity contribution in [1.29, 1.82) is 0 Å². The van der Waals surface area contributed by atoms with Crippen LogP contribution in [0.15, 0.2) is 91.0 Å². The molecule has 0 spiro atoms. The summed E-state index contributed by atoms with van der Waals surface area (Å²) in [7, 11) is 1.61. The van der Waals surface area contributed by atoms with E-state index in [2.05, 4.69) is 0 Å². The second-order valence-electron chi connectivity index (χ2n) is 11.3. The molecule has 222 valence electrons. The lowest BCUT2D eigenvalue weighted by Gasteiger charge is -2.13. The summed E-state index contributed by atoms with van der Waals surface area (Å²) in [6.45, 7) is 0.513. The third-order valence-electron chi connectivity index (χ3n) is 8.81. The molecule has 1 aliphatic heterocycles. The summed E-state index contributed by atoms with van der Waals surface area (Å²) in [5.74, 6) is -1.36. The number of hydrogen-bond donors (Lipinski definition) is 0. The summed E-state index contributed by atoms with van der Waals surface area (Å²) >= 11 is 6.17. The molecular formula is C37H26ClF2N3O2. The summed E-state index contributed by atoms with van der Waals surface area (Å²) in [6.07, 6.45) is 2.33. The molecule has 0 unspecified atom stereocenters. The molecule has 8 heteroatoms. The number of pyridine rings is 1. The first-order chi connectivity index (χ1) is 21.9. The molecule has 3 aromatic heterocycles. The third kappa shape index (κ3) is 4.25. The molecular weight excluding hydrogens is 592 g/mol. The van der Waals surface area contributed by atoms with Crippen LogP contribution in [0, 0.1) is 11.6 Å². The second kappa shape index (κ2) is 10.6. The Morgan fingerprint density at radius 3 is 2.44 bits per heavy atom. The number of rotatable bonds is 5. The third-order valence-corrected chi connectivity index (χ3v) is 9.06. The van der Waals surface area contributed by atoms with Gasteiger partial charge in [0, 0.05) is 39.2 Å². The lowest BCUT2D eigenvalue weighted by molar-refractivity contribution is 0.103. The molecule has 0 fully saturated rings. The Bertz CT molecular complexity index is 2300. The maximum atomic E-state index is 15.6. The van der Waals surface area contributed by atoms with Crippen molar-refractivity contribution >= 4 is 45.0 Å². The van der Waals surface area contributed by atoms with Crippen molar-refractivity contribution in [3.8, 4) is 28.1 Å². The maximum Gasteiger partial charge on any atom is 0.211 e. The van der Waals surface area contributed by atoms with Crippen molar-refractivity contribution in [2.75, 3.05) is 7.11 Å². The number of carbonyl (C=O) groups is 1. The minimum atomic E-state index is -0.915. The van der Waals surface area contributed by atoms with Gasteiger partial charge in [0.25, 0.3) is 0 Å². The average molecular weight is 618 g/mol. The number of halogens is 3. The van der Waals surface area contributed by atoms with E-state index in [0.717, 1.165) is 46.8 Å². The molecule has 5 nitrogen and oxygen atoms in total. The normalized spacial score (nSPS) is 13.1. The minimum absolute atomic E-state index is 0.171. The Balaban J connectivity index is 1.49. The largest absolute Gasteiger partial charge is 0.497 e. The van der Waals surface area contributed by atoms with Gasteiger partial charge < -0.3 is 9.30 Å². The second-order valence-corrected chi connectivity index (χ2v) is 11.8. The first-order valence-corrected chi connectivity index (χ1v) is 15.2. The van der Waals surface area contributed by atoms with Gasteiger partial charge in [0.05, 0.1) is 23.8 Å². The molecule has 4 aromatic carbocycles. The van der Waals surface area contributed by atoms with Crippen molar-refractivity contribution in [1.82, 2.24) is 14.0 Å². The summed E-state index contributed by atoms with van der Waals surface area (Å²) in [5, 5.41) is 1.30. The Hall–Kier alpha value is -5.01. The molecule has 0 atom stereocenters. The fourth-order valence-corrected chi connectivity index (χ4v) is 6.89. The minimum Gasteiger partial charge on any atom is -0.497 e. The van der Waals surface area contributed by atoms with Gasteiger partial charge in [-0.25, -0.2) is 13.8 Å². The molecule has 0 radical (unpaired) electrons. The monoisotopic (exact) mass is 617 g/mol. The van der Waals surface area contributed by atoms with Gasteiger partial charge in [-0.1, -0.05) is 54.1 Å². The number of aromatic nitrogens is 3. The molecule has 7 aromatic rings. The molecule has 0 bridgehead atoms. The topological polar surface area (TPSA) is 48.5 Å². The number of fused-ring (bicyclic) bond motifs is 4. The summed E-state index contributed by atoms with van der Waals surface area (Å²) in [6, 6.07) is 27.0. The van der Waals surface area contributed by atoms with E-state index < -0.39 is 11.6 Å². The summed E-state index contributed by atoms with van der Waals surface area (Å²) < 4.78 is 39.4. The number of para-hydroxylation sites is 1. The number of benzene rings is 4. The number of ether oxygens (including phenoxy) is 1. The Morgan fingerprint density at radius 1 is 0.911 bits per heavy atom. The van der Waals surface area contributed by atoms with E-state index in [0.29, 0.717) is 57.1 Å². The van der Waals surface area contributed by atoms with E-state index in [-0.39, 0.29) is 11.3 Å². The highest BCUT2D eigenvalue weighted by atomic mass is 35.5. The van der Waals surface area contributed by atoms with Crippen LogP contribution in [0.25, 0.3) is 50.0 Å². The van der Waals surface area contributed by atoms with Crippen molar-refractivity contribution in [3.05, 3.63) is 124 Å². The number of methoxy groups -OCH3 is 1. The summed E-state index contributed by atoms with van der Waals surface area (Å²) in [5.41, 5.74) is 6.90. The number of aryl methyl sites for hydroxylation is 2. The Morgan fingerprint density at radius 2 is 1.67 bits per heavy atom. The fourth-order valence-electron chi connectivity index (χ4n) is 6.77. The molecule has 0 saturated heterocycles. The highest BCUT2D eigenvalue weighted by Crippen LogP contribution is 2.42. The van der Waals surface area contributed by atoms with E-state index in [1.54, 1.807) is 25.3 Å². The van der Waals surface area contributed by atoms with Gasteiger partial charge in [-0.2, -0.15) is 0 Å². The molecule has 45 heavy (non-hydrogen) atoms. The number of hydrogen-bond acceptors (Lipinski definition) is 3. The van der Waals surface area contributed by atoms with E-state index in [1.807, 2.05) is 75.7 Å². The van der Waals surface area contributed by atoms with E-state index in [4.69, 9.17) is 21.3 Å². The number of ketones is 1. The molecule has 0 N–H and O–H groups in total. The molecule has 4 heterocycles. The highest BCUT2D eigenvalue weighted by Gasteiger charge is 2.32. The lowest BCUT2D eigenvalue weighted by Crippen LogP contribution is -2.09. The van der Waals surface area contributed by atoms with Crippen LogP contribution in [0.2, 0.25) is 5.02 Å². The molecule has 1 aliphatic rings. The quantitative estimate of drug-likeness (QED) is 0.181. The van der Waals surface area contributed by atoms with Crippen molar-refractivity contribution in [2.24, 2.45) is 0 Å². The Kier molecular flexibility index (Phi) is 6.46. The van der Waals surface area contributed by atoms with Crippen LogP contribution in [-0.4, -0.2) is 26.8 Å². The van der Waals surface area contributed by atoms with Crippen molar-refractivity contribution < 1.29 is 18.3 Å². The first kappa shape index (κ1) is 27.5. The smallest absolute Gasteiger partial charge is 0.211 e. The van der Waals surface area contributed by atoms with Crippen LogP contribution in [0.3, 0.4) is 0 Å². The number of carbonyl (C=O) groups excluding carboxylic acids is 1. The van der Waals surface area contributed by atoms with E-state index >= 15 is 9.18 Å². The van der Waals surface area contributed by atoms with Crippen LogP contribution < -0.4 is 4.74 Å². The van der Waals surface area contributed by atoms with Gasteiger partial charge >= 0.3 is 0 Å². The molecule has 8 rings (SSSR count). The van der Waals surface area contributed by atoms with Gasteiger partial charge in [0.15, 0.2) is 11.6 Å². The molecule has 0 saturated carbocycles. The van der Waals surface area contributed by atoms with Gasteiger partial charge in [0.1, 0.15) is 22.6 Å². The van der Waals surface area contributed by atoms with Crippen LogP contribution in [0.1, 0.15) is 34.5 Å². The Labute approximate surface area is 262 Å².